The molecule has 2 N–H and O–H groups in total. The Morgan fingerprint density at radius 1 is 1.06 bits per heavy atom. The first-order chi connectivity index (χ1) is 16.2. The molecule has 1 amide bonds. The van der Waals surface area contributed by atoms with Crippen molar-refractivity contribution in [3.63, 3.8) is 0 Å². The predicted octanol–water partition coefficient (Wildman–Crippen LogP) is 5.34. The lowest BCUT2D eigenvalue weighted by Crippen LogP contribution is -2.31. The molecule has 2 aliphatic rings. The van der Waals surface area contributed by atoms with Gasteiger partial charge in [-0.2, -0.15) is 0 Å². The molecule has 0 spiro atoms. The van der Waals surface area contributed by atoms with Crippen LogP contribution in [0.15, 0.2) is 66.7 Å². The molecule has 0 saturated carbocycles. The summed E-state index contributed by atoms with van der Waals surface area (Å²) in [7, 11) is 0. The van der Waals surface area contributed by atoms with Gasteiger partial charge in [-0.15, -0.1) is 11.3 Å². The molecule has 2 aliphatic heterocycles. The van der Waals surface area contributed by atoms with Crippen molar-refractivity contribution < 1.29 is 9.63 Å². The first-order valence-corrected chi connectivity index (χ1v) is 12.4. The standard InChI is InChI=1S/C26H26ClN3O2S/c27-25-12-11-24(33-25)26(31)28-16-21-15-23(29-32-21)19-9-7-18(8-10-19)22-6-2-1-5-20(22)17-30-13-3-4-14-30/h1-2,5-12,15,21,29H,3-4,13-14,16-17H2,(H,28,31). The Labute approximate surface area is 203 Å². The van der Waals surface area contributed by atoms with Gasteiger partial charge in [-0.05, 0) is 66.4 Å². The molecular weight excluding hydrogens is 454 g/mol. The van der Waals surface area contributed by atoms with Gasteiger partial charge in [-0.1, -0.05) is 60.1 Å². The van der Waals surface area contributed by atoms with Crippen LogP contribution in [-0.2, 0) is 11.4 Å². The van der Waals surface area contributed by atoms with Crippen molar-refractivity contribution in [2.75, 3.05) is 19.6 Å². The van der Waals surface area contributed by atoms with E-state index in [0.717, 1.165) is 17.8 Å². The van der Waals surface area contributed by atoms with E-state index in [0.29, 0.717) is 15.8 Å². The van der Waals surface area contributed by atoms with Gasteiger partial charge >= 0.3 is 0 Å². The molecule has 1 unspecified atom stereocenters. The predicted molar refractivity (Wildman–Crippen MR) is 134 cm³/mol. The van der Waals surface area contributed by atoms with Crippen molar-refractivity contribution in [1.82, 2.24) is 15.7 Å². The molecule has 7 heteroatoms. The van der Waals surface area contributed by atoms with Gasteiger partial charge < -0.3 is 5.32 Å². The number of thiophene rings is 1. The van der Waals surface area contributed by atoms with Gasteiger partial charge in [0.2, 0.25) is 0 Å². The van der Waals surface area contributed by atoms with Gasteiger partial charge in [0.05, 0.1) is 21.5 Å². The maximum atomic E-state index is 12.2. The number of hydroxylamine groups is 1. The molecule has 5 nitrogen and oxygen atoms in total. The van der Waals surface area contributed by atoms with E-state index >= 15 is 0 Å². The molecule has 170 valence electrons. The maximum absolute atomic E-state index is 12.2. The third kappa shape index (κ3) is 5.31. The SMILES string of the molecule is O=C(NCC1C=C(c2ccc(-c3ccccc3CN3CCCC3)cc2)NO1)c1ccc(Cl)s1. The lowest BCUT2D eigenvalue weighted by molar-refractivity contribution is 0.0499. The van der Waals surface area contributed by atoms with E-state index in [9.17, 15) is 4.79 Å². The normalized spacial score (nSPS) is 18.2. The number of carbonyl (C=O) groups excluding carboxylic acids is 1. The number of carbonyl (C=O) groups is 1. The number of halogens is 1. The second kappa shape index (κ2) is 10.1. The Hall–Kier alpha value is -2.64. The second-order valence-corrected chi connectivity index (χ2v) is 10.1. The van der Waals surface area contributed by atoms with Crippen LogP contribution in [0.1, 0.15) is 33.6 Å². The lowest BCUT2D eigenvalue weighted by Gasteiger charge is -2.17. The van der Waals surface area contributed by atoms with Crippen LogP contribution in [0.3, 0.4) is 0 Å². The Kier molecular flexibility index (Phi) is 6.78. The summed E-state index contributed by atoms with van der Waals surface area (Å²) in [5.74, 6) is -0.144. The third-order valence-electron chi connectivity index (χ3n) is 6.05. The molecule has 1 aromatic heterocycles. The van der Waals surface area contributed by atoms with E-state index in [4.69, 9.17) is 16.4 Å². The van der Waals surface area contributed by atoms with Crippen LogP contribution in [-0.4, -0.2) is 36.5 Å². The van der Waals surface area contributed by atoms with Gasteiger partial charge in [0.15, 0.2) is 0 Å². The highest BCUT2D eigenvalue weighted by atomic mass is 35.5. The van der Waals surface area contributed by atoms with Gasteiger partial charge in [-0.25, -0.2) is 0 Å². The zero-order valence-corrected chi connectivity index (χ0v) is 19.8. The van der Waals surface area contributed by atoms with Crippen molar-refractivity contribution >= 4 is 34.5 Å². The third-order valence-corrected chi connectivity index (χ3v) is 7.28. The number of nitrogens with zero attached hydrogens (tertiary/aromatic N) is 1. The van der Waals surface area contributed by atoms with Gasteiger partial charge in [0, 0.05) is 6.54 Å². The van der Waals surface area contributed by atoms with Crippen LogP contribution in [0.4, 0.5) is 0 Å². The molecule has 5 rings (SSSR count). The van der Waals surface area contributed by atoms with Crippen molar-refractivity contribution in [3.05, 3.63) is 87.1 Å². The number of amides is 1. The summed E-state index contributed by atoms with van der Waals surface area (Å²) in [6.07, 6.45) is 4.36. The number of hydrogen-bond donors (Lipinski definition) is 2. The Bertz CT molecular complexity index is 1150. The van der Waals surface area contributed by atoms with E-state index in [1.54, 1.807) is 12.1 Å². The molecule has 0 bridgehead atoms. The van der Waals surface area contributed by atoms with Crippen molar-refractivity contribution in [2.24, 2.45) is 0 Å². The molecule has 1 atom stereocenters. The van der Waals surface area contributed by atoms with Crippen molar-refractivity contribution in [1.29, 1.82) is 0 Å². The monoisotopic (exact) mass is 479 g/mol. The molecule has 0 radical (unpaired) electrons. The summed E-state index contributed by atoms with van der Waals surface area (Å²) >= 11 is 7.17. The highest BCUT2D eigenvalue weighted by Gasteiger charge is 2.20. The van der Waals surface area contributed by atoms with E-state index in [1.807, 2.05) is 6.08 Å². The Balaban J connectivity index is 1.23. The summed E-state index contributed by atoms with van der Waals surface area (Å²) in [5.41, 5.74) is 8.83. The average molecular weight is 480 g/mol. The molecule has 3 heterocycles. The minimum atomic E-state index is -0.236. The molecule has 0 aliphatic carbocycles. The maximum Gasteiger partial charge on any atom is 0.261 e. The van der Waals surface area contributed by atoms with Crippen LogP contribution in [0.5, 0.6) is 0 Å². The highest BCUT2D eigenvalue weighted by molar-refractivity contribution is 7.18. The molecule has 3 aromatic rings. The van der Waals surface area contributed by atoms with Crippen LogP contribution in [0, 0.1) is 0 Å². The average Bonchev–Trinajstić information content (AvgIpc) is 3.61. The van der Waals surface area contributed by atoms with Crippen LogP contribution < -0.4 is 10.8 Å². The number of likely N-dealkylation sites (tertiary alicyclic amines) is 1. The number of nitrogens with one attached hydrogen (secondary N) is 2. The number of rotatable bonds is 7. The summed E-state index contributed by atoms with van der Waals surface area (Å²) < 4.78 is 0.600. The number of benzene rings is 2. The molecular formula is C26H26ClN3O2S. The minimum Gasteiger partial charge on any atom is -0.348 e. The summed E-state index contributed by atoms with van der Waals surface area (Å²) in [6, 6.07) is 20.7. The van der Waals surface area contributed by atoms with E-state index in [-0.39, 0.29) is 12.0 Å². The zero-order valence-electron chi connectivity index (χ0n) is 18.2. The van der Waals surface area contributed by atoms with Gasteiger partial charge in [-0.3, -0.25) is 20.0 Å². The van der Waals surface area contributed by atoms with E-state index in [2.05, 4.69) is 64.2 Å². The van der Waals surface area contributed by atoms with Crippen LogP contribution in [0.25, 0.3) is 16.8 Å². The lowest BCUT2D eigenvalue weighted by atomic mass is 9.97. The molecule has 1 saturated heterocycles. The zero-order chi connectivity index (χ0) is 22.6. The van der Waals surface area contributed by atoms with Crippen LogP contribution >= 0.6 is 22.9 Å². The topological polar surface area (TPSA) is 53.6 Å². The van der Waals surface area contributed by atoms with Gasteiger partial charge in [0.1, 0.15) is 6.10 Å². The van der Waals surface area contributed by atoms with E-state index in [1.165, 1.54) is 54.0 Å². The Morgan fingerprint density at radius 2 is 1.82 bits per heavy atom. The molecule has 1 fully saturated rings. The summed E-state index contributed by atoms with van der Waals surface area (Å²) in [6.45, 7) is 3.77. The smallest absolute Gasteiger partial charge is 0.261 e. The second-order valence-electron chi connectivity index (χ2n) is 8.37. The largest absolute Gasteiger partial charge is 0.348 e. The fourth-order valence-electron chi connectivity index (χ4n) is 4.32. The quantitative estimate of drug-likeness (QED) is 0.480. The molecule has 2 aromatic carbocycles. The first-order valence-electron chi connectivity index (χ1n) is 11.2. The van der Waals surface area contributed by atoms with E-state index < -0.39 is 0 Å². The minimum absolute atomic E-state index is 0.144. The fourth-order valence-corrected chi connectivity index (χ4v) is 5.28. The summed E-state index contributed by atoms with van der Waals surface area (Å²) in [5, 5.41) is 2.89. The van der Waals surface area contributed by atoms with Crippen molar-refractivity contribution in [2.45, 2.75) is 25.5 Å². The number of hydrogen-bond acceptors (Lipinski definition) is 5. The Morgan fingerprint density at radius 3 is 2.58 bits per heavy atom. The van der Waals surface area contributed by atoms with Crippen molar-refractivity contribution in [3.8, 4) is 11.1 Å². The fraction of sp³-hybridized carbons (Fsp3) is 0.269. The first kappa shape index (κ1) is 22.2. The highest BCUT2D eigenvalue weighted by Crippen LogP contribution is 2.28. The summed E-state index contributed by atoms with van der Waals surface area (Å²) in [4.78, 5) is 21.0. The van der Waals surface area contributed by atoms with Gasteiger partial charge in [0.25, 0.3) is 5.91 Å². The van der Waals surface area contributed by atoms with Crippen LogP contribution in [0.2, 0.25) is 4.34 Å². The molecule has 33 heavy (non-hydrogen) atoms.